The molecule has 14 heavy (non-hydrogen) atoms. The molecule has 68 valence electrons. The van der Waals surface area contributed by atoms with E-state index in [1.54, 1.807) is 0 Å². The van der Waals surface area contributed by atoms with E-state index in [1.165, 1.54) is 5.56 Å². The fraction of sp³-hybridized carbons (Fsp3) is 0.167. The molecule has 0 saturated heterocycles. The van der Waals surface area contributed by atoms with Crippen molar-refractivity contribution in [1.82, 2.24) is 0 Å². The largest absolute Gasteiger partial charge is 0.269 e. The van der Waals surface area contributed by atoms with Crippen LogP contribution < -0.4 is 0 Å². The molecule has 2 aliphatic rings. The lowest BCUT2D eigenvalue weighted by Crippen LogP contribution is -2.24. The second-order valence-corrected chi connectivity index (χ2v) is 3.67. The number of allylic oxidation sites excluding steroid dienone is 1. The molecule has 2 heterocycles. The van der Waals surface area contributed by atoms with Gasteiger partial charge in [-0.1, -0.05) is 18.2 Å². The topological polar surface area (TPSA) is 24.7 Å². The van der Waals surface area contributed by atoms with Crippen molar-refractivity contribution in [3.05, 3.63) is 42.1 Å². The summed E-state index contributed by atoms with van der Waals surface area (Å²) in [7, 11) is 0. The molecule has 2 heteroatoms. The van der Waals surface area contributed by atoms with Gasteiger partial charge in [0.2, 0.25) is 0 Å². The number of rotatable bonds is 0. The highest BCUT2D eigenvalue weighted by molar-refractivity contribution is 5.91. The third-order valence-electron chi connectivity index (χ3n) is 2.83. The van der Waals surface area contributed by atoms with Crippen LogP contribution in [0.15, 0.2) is 46.5 Å². The maximum Gasteiger partial charge on any atom is 0.0671 e. The molecular formula is C12H10N2. The van der Waals surface area contributed by atoms with Gasteiger partial charge in [0.1, 0.15) is 0 Å². The molecule has 0 fully saturated rings. The summed E-state index contributed by atoms with van der Waals surface area (Å²) in [6, 6.07) is 8.29. The van der Waals surface area contributed by atoms with E-state index < -0.39 is 0 Å². The van der Waals surface area contributed by atoms with Crippen molar-refractivity contribution in [3.8, 4) is 0 Å². The molecule has 0 radical (unpaired) electrons. The van der Waals surface area contributed by atoms with Crippen LogP contribution in [0.5, 0.6) is 0 Å². The predicted molar refractivity (Wildman–Crippen MR) is 58.5 cm³/mol. The number of hydrogen-bond donors (Lipinski definition) is 0. The number of hydrogen-bond acceptors (Lipinski definition) is 2. The Morgan fingerprint density at radius 1 is 1.21 bits per heavy atom. The van der Waals surface area contributed by atoms with Gasteiger partial charge in [0.25, 0.3) is 0 Å². The van der Waals surface area contributed by atoms with Gasteiger partial charge in [-0.2, -0.15) is 0 Å². The summed E-state index contributed by atoms with van der Waals surface area (Å²) >= 11 is 0. The van der Waals surface area contributed by atoms with E-state index in [9.17, 15) is 0 Å². The molecule has 1 aromatic rings. The Balaban J connectivity index is 2.18. The quantitative estimate of drug-likeness (QED) is 0.589. The lowest BCUT2D eigenvalue weighted by atomic mass is 9.79. The molecule has 0 N–H and O–H groups in total. The van der Waals surface area contributed by atoms with Crippen molar-refractivity contribution in [2.24, 2.45) is 9.98 Å². The number of fused-ring (bicyclic) bond motifs is 2. The van der Waals surface area contributed by atoms with Gasteiger partial charge < -0.3 is 0 Å². The van der Waals surface area contributed by atoms with Crippen molar-refractivity contribution >= 4 is 18.1 Å². The molecule has 2 nitrogen and oxygen atoms in total. The van der Waals surface area contributed by atoms with Gasteiger partial charge in [-0.3, -0.25) is 9.98 Å². The van der Waals surface area contributed by atoms with Crippen LogP contribution in [0.2, 0.25) is 0 Å². The summed E-state index contributed by atoms with van der Waals surface area (Å²) in [6.45, 7) is 0. The van der Waals surface area contributed by atoms with Crippen LogP contribution >= 0.6 is 0 Å². The lowest BCUT2D eigenvalue weighted by molar-refractivity contribution is 0.781. The van der Waals surface area contributed by atoms with E-state index in [2.05, 4.69) is 34.3 Å². The number of benzene rings is 1. The smallest absolute Gasteiger partial charge is 0.0671 e. The first-order valence-electron chi connectivity index (χ1n) is 4.75. The average molecular weight is 182 g/mol. The summed E-state index contributed by atoms with van der Waals surface area (Å²) in [5, 5.41) is 0. The van der Waals surface area contributed by atoms with Crippen LogP contribution in [0.3, 0.4) is 0 Å². The van der Waals surface area contributed by atoms with Crippen LogP contribution in [-0.4, -0.2) is 12.4 Å². The van der Waals surface area contributed by atoms with Crippen molar-refractivity contribution < 1.29 is 0 Å². The molecule has 0 bridgehead atoms. The van der Waals surface area contributed by atoms with Crippen LogP contribution in [-0.2, 0) is 5.41 Å². The third-order valence-corrected chi connectivity index (χ3v) is 2.83. The molecule has 0 aliphatic carbocycles. The zero-order valence-electron chi connectivity index (χ0n) is 7.72. The SMILES string of the molecule is C1=CC2(C=Nc3ccccc32)CC=N1. The molecule has 1 aromatic carbocycles. The summed E-state index contributed by atoms with van der Waals surface area (Å²) in [6.07, 6.45) is 8.89. The maximum atomic E-state index is 4.44. The highest BCUT2D eigenvalue weighted by atomic mass is 14.8. The Morgan fingerprint density at radius 3 is 3.00 bits per heavy atom. The normalized spacial score (nSPS) is 27.1. The number of aliphatic imine (C=N–C) groups is 2. The van der Waals surface area contributed by atoms with Crippen molar-refractivity contribution in [1.29, 1.82) is 0 Å². The van der Waals surface area contributed by atoms with Gasteiger partial charge in [-0.15, -0.1) is 0 Å². The third kappa shape index (κ3) is 0.909. The van der Waals surface area contributed by atoms with Gasteiger partial charge in [0.05, 0.1) is 11.1 Å². The fourth-order valence-electron chi connectivity index (χ4n) is 2.04. The van der Waals surface area contributed by atoms with Crippen molar-refractivity contribution in [2.45, 2.75) is 11.8 Å². The molecule has 2 aliphatic heterocycles. The Labute approximate surface area is 82.7 Å². The van der Waals surface area contributed by atoms with Crippen LogP contribution in [0.25, 0.3) is 0 Å². The molecule has 3 rings (SSSR count). The van der Waals surface area contributed by atoms with E-state index in [4.69, 9.17) is 0 Å². The van der Waals surface area contributed by atoms with E-state index >= 15 is 0 Å². The van der Waals surface area contributed by atoms with E-state index in [1.807, 2.05) is 24.7 Å². The monoisotopic (exact) mass is 182 g/mol. The van der Waals surface area contributed by atoms with Crippen LogP contribution in [0.1, 0.15) is 12.0 Å². The van der Waals surface area contributed by atoms with E-state index in [0.717, 1.165) is 12.1 Å². The highest BCUT2D eigenvalue weighted by Crippen LogP contribution is 2.40. The minimum absolute atomic E-state index is 0.0155. The average Bonchev–Trinajstić information content (AvgIpc) is 2.60. The second-order valence-electron chi connectivity index (χ2n) is 3.67. The van der Waals surface area contributed by atoms with Crippen molar-refractivity contribution in [3.63, 3.8) is 0 Å². The summed E-state index contributed by atoms with van der Waals surface area (Å²) in [4.78, 5) is 8.54. The van der Waals surface area contributed by atoms with Crippen LogP contribution in [0.4, 0.5) is 5.69 Å². The zero-order valence-corrected chi connectivity index (χ0v) is 7.72. The minimum atomic E-state index is -0.0155. The second kappa shape index (κ2) is 2.64. The zero-order chi connectivity index (χ0) is 9.43. The van der Waals surface area contributed by atoms with Gasteiger partial charge >= 0.3 is 0 Å². The summed E-state index contributed by atoms with van der Waals surface area (Å²) in [5.74, 6) is 0. The van der Waals surface area contributed by atoms with Crippen molar-refractivity contribution in [2.75, 3.05) is 0 Å². The highest BCUT2D eigenvalue weighted by Gasteiger charge is 2.33. The van der Waals surface area contributed by atoms with E-state index in [-0.39, 0.29) is 5.41 Å². The molecule has 0 aromatic heterocycles. The molecule has 0 saturated carbocycles. The Kier molecular flexibility index (Phi) is 1.45. The van der Waals surface area contributed by atoms with Gasteiger partial charge in [-0.05, 0) is 17.7 Å². The summed E-state index contributed by atoms with van der Waals surface area (Å²) in [5.41, 5.74) is 2.37. The molecule has 1 unspecified atom stereocenters. The fourth-order valence-corrected chi connectivity index (χ4v) is 2.04. The molecule has 1 spiro atoms. The van der Waals surface area contributed by atoms with Gasteiger partial charge in [-0.25, -0.2) is 0 Å². The Hall–Kier alpha value is -1.70. The summed E-state index contributed by atoms with van der Waals surface area (Å²) < 4.78 is 0. The first kappa shape index (κ1) is 7.68. The van der Waals surface area contributed by atoms with E-state index in [0.29, 0.717) is 0 Å². The van der Waals surface area contributed by atoms with Gasteiger partial charge in [0, 0.05) is 25.0 Å². The Bertz CT molecular complexity index is 457. The molecule has 0 amide bonds. The first-order chi connectivity index (χ1) is 6.91. The maximum absolute atomic E-state index is 4.44. The molecular weight excluding hydrogens is 172 g/mol. The number of para-hydroxylation sites is 1. The molecule has 1 atom stereocenters. The van der Waals surface area contributed by atoms with Gasteiger partial charge in [0.15, 0.2) is 0 Å². The predicted octanol–water partition coefficient (Wildman–Crippen LogP) is 2.63. The number of nitrogens with zero attached hydrogens (tertiary/aromatic N) is 2. The first-order valence-corrected chi connectivity index (χ1v) is 4.75. The Morgan fingerprint density at radius 2 is 2.14 bits per heavy atom. The van der Waals surface area contributed by atoms with Crippen LogP contribution in [0, 0.1) is 0 Å². The standard InChI is InChI=1S/C12H10N2/c1-2-4-11-10(3-1)12(9-14-11)5-7-13-8-6-12/h1-5,7-9H,6H2. The lowest BCUT2D eigenvalue weighted by Gasteiger charge is -2.23. The minimum Gasteiger partial charge on any atom is -0.269 e.